The fourth-order valence-electron chi connectivity index (χ4n) is 2.01. The summed E-state index contributed by atoms with van der Waals surface area (Å²) in [5.74, 6) is 0.967. The molecule has 0 unspecified atom stereocenters. The van der Waals surface area contributed by atoms with Crippen molar-refractivity contribution >= 4 is 39.1 Å². The maximum absolute atomic E-state index is 6.38. The van der Waals surface area contributed by atoms with E-state index in [2.05, 4.69) is 21.0 Å². The first-order valence-corrected chi connectivity index (χ1v) is 7.50. The third-order valence-corrected chi connectivity index (χ3v) is 4.30. The van der Waals surface area contributed by atoms with Gasteiger partial charge in [-0.05, 0) is 37.1 Å². The summed E-state index contributed by atoms with van der Waals surface area (Å²) in [5, 5.41) is 5.26. The molecule has 0 N–H and O–H groups in total. The predicted octanol–water partition coefficient (Wildman–Crippen LogP) is 4.90. The molecule has 3 rings (SSSR count). The summed E-state index contributed by atoms with van der Waals surface area (Å²) in [5.41, 5.74) is 3.00. The number of hydrogen-bond donors (Lipinski definition) is 0. The van der Waals surface area contributed by atoms with Gasteiger partial charge in [0.05, 0.1) is 17.3 Å². The molecule has 1 heterocycles. The SMILES string of the molecule is ClCc1c(C2CC2)nn(-c2ccc(Br)cc2)c1Cl. The minimum atomic E-state index is 0.418. The van der Waals surface area contributed by atoms with E-state index in [9.17, 15) is 0 Å². The van der Waals surface area contributed by atoms with Crippen molar-refractivity contribution in [2.24, 2.45) is 0 Å². The van der Waals surface area contributed by atoms with E-state index in [1.54, 1.807) is 4.68 Å². The summed E-state index contributed by atoms with van der Waals surface area (Å²) in [6, 6.07) is 7.92. The highest BCUT2D eigenvalue weighted by atomic mass is 79.9. The van der Waals surface area contributed by atoms with E-state index >= 15 is 0 Å². The molecular formula is C13H11BrCl2N2. The Bertz CT molecular complexity index is 573. The maximum atomic E-state index is 6.38. The molecule has 0 bridgehead atoms. The van der Waals surface area contributed by atoms with Crippen LogP contribution in [0.5, 0.6) is 0 Å². The highest BCUT2D eigenvalue weighted by Crippen LogP contribution is 2.43. The van der Waals surface area contributed by atoms with Gasteiger partial charge in [0.2, 0.25) is 0 Å². The number of aromatic nitrogens is 2. The van der Waals surface area contributed by atoms with Crippen LogP contribution in [0, 0.1) is 0 Å². The van der Waals surface area contributed by atoms with Crippen LogP contribution >= 0.6 is 39.1 Å². The van der Waals surface area contributed by atoms with Gasteiger partial charge in [-0.15, -0.1) is 11.6 Å². The van der Waals surface area contributed by atoms with Gasteiger partial charge in [0.1, 0.15) is 5.15 Å². The molecule has 1 fully saturated rings. The van der Waals surface area contributed by atoms with Gasteiger partial charge in [0.15, 0.2) is 0 Å². The summed E-state index contributed by atoms with van der Waals surface area (Å²) in [4.78, 5) is 0. The van der Waals surface area contributed by atoms with Crippen molar-refractivity contribution < 1.29 is 0 Å². The van der Waals surface area contributed by atoms with Crippen molar-refractivity contribution in [1.82, 2.24) is 9.78 Å². The van der Waals surface area contributed by atoms with Crippen LogP contribution in [-0.4, -0.2) is 9.78 Å². The highest BCUT2D eigenvalue weighted by molar-refractivity contribution is 9.10. The van der Waals surface area contributed by atoms with Crippen LogP contribution < -0.4 is 0 Å². The van der Waals surface area contributed by atoms with Crippen LogP contribution in [-0.2, 0) is 5.88 Å². The minimum Gasteiger partial charge on any atom is -0.222 e. The van der Waals surface area contributed by atoms with Crippen LogP contribution in [0.3, 0.4) is 0 Å². The Labute approximate surface area is 124 Å². The molecule has 1 aromatic carbocycles. The monoisotopic (exact) mass is 344 g/mol. The predicted molar refractivity (Wildman–Crippen MR) is 77.8 cm³/mol. The molecule has 0 spiro atoms. The number of nitrogens with zero attached hydrogens (tertiary/aromatic N) is 2. The van der Waals surface area contributed by atoms with Crippen molar-refractivity contribution in [2.75, 3.05) is 0 Å². The van der Waals surface area contributed by atoms with E-state index in [4.69, 9.17) is 23.2 Å². The van der Waals surface area contributed by atoms with E-state index in [0.717, 1.165) is 21.4 Å². The van der Waals surface area contributed by atoms with Crippen molar-refractivity contribution in [3.8, 4) is 5.69 Å². The molecule has 0 amide bonds. The smallest absolute Gasteiger partial charge is 0.137 e. The maximum Gasteiger partial charge on any atom is 0.137 e. The zero-order valence-corrected chi connectivity index (χ0v) is 12.6. The van der Waals surface area contributed by atoms with Gasteiger partial charge >= 0.3 is 0 Å². The molecule has 0 saturated heterocycles. The van der Waals surface area contributed by atoms with Crippen molar-refractivity contribution in [3.05, 3.63) is 45.1 Å². The summed E-state index contributed by atoms with van der Waals surface area (Å²) in [7, 11) is 0. The van der Waals surface area contributed by atoms with Gasteiger partial charge in [-0.2, -0.15) is 5.10 Å². The molecule has 2 nitrogen and oxygen atoms in total. The summed E-state index contributed by atoms with van der Waals surface area (Å²) < 4.78 is 2.81. The number of rotatable bonds is 3. The highest BCUT2D eigenvalue weighted by Gasteiger charge is 2.31. The molecule has 2 aromatic rings. The van der Waals surface area contributed by atoms with E-state index in [1.165, 1.54) is 12.8 Å². The second kappa shape index (κ2) is 4.87. The minimum absolute atomic E-state index is 0.418. The Morgan fingerprint density at radius 3 is 2.50 bits per heavy atom. The third kappa shape index (κ3) is 2.20. The van der Waals surface area contributed by atoms with E-state index in [1.807, 2.05) is 24.3 Å². The molecule has 0 aliphatic heterocycles. The third-order valence-electron chi connectivity index (χ3n) is 3.12. The van der Waals surface area contributed by atoms with Crippen molar-refractivity contribution in [1.29, 1.82) is 0 Å². The second-order valence-electron chi connectivity index (χ2n) is 4.45. The lowest BCUT2D eigenvalue weighted by Gasteiger charge is -2.03. The molecule has 1 saturated carbocycles. The van der Waals surface area contributed by atoms with Crippen molar-refractivity contribution in [3.63, 3.8) is 0 Å². The Balaban J connectivity index is 2.08. The van der Waals surface area contributed by atoms with Crippen molar-refractivity contribution in [2.45, 2.75) is 24.6 Å². The Hall–Kier alpha value is -0.510. The molecule has 1 aromatic heterocycles. The first-order valence-electron chi connectivity index (χ1n) is 5.80. The van der Waals surface area contributed by atoms with E-state index in [-0.39, 0.29) is 0 Å². The van der Waals surface area contributed by atoms with Gasteiger partial charge in [-0.1, -0.05) is 27.5 Å². The molecule has 0 radical (unpaired) electrons. The molecule has 1 aliphatic carbocycles. The first kappa shape index (κ1) is 12.5. The quantitative estimate of drug-likeness (QED) is 0.723. The second-order valence-corrected chi connectivity index (χ2v) is 5.99. The number of benzene rings is 1. The average Bonchev–Trinajstić information content (AvgIpc) is 3.15. The fourth-order valence-corrected chi connectivity index (χ4v) is 2.90. The topological polar surface area (TPSA) is 17.8 Å². The Kier molecular flexibility index (Phi) is 3.39. The zero-order chi connectivity index (χ0) is 12.7. The normalized spacial score (nSPS) is 15.1. The Morgan fingerprint density at radius 2 is 1.94 bits per heavy atom. The van der Waals surface area contributed by atoms with Crippen LogP contribution in [0.15, 0.2) is 28.7 Å². The number of halogens is 3. The summed E-state index contributed by atoms with van der Waals surface area (Å²) >= 11 is 15.8. The number of hydrogen-bond acceptors (Lipinski definition) is 1. The lowest BCUT2D eigenvalue weighted by atomic mass is 10.2. The van der Waals surface area contributed by atoms with E-state index < -0.39 is 0 Å². The van der Waals surface area contributed by atoms with Crippen LogP contribution in [0.1, 0.15) is 30.0 Å². The van der Waals surface area contributed by atoms with Gasteiger partial charge in [0, 0.05) is 16.0 Å². The van der Waals surface area contributed by atoms with Crippen LogP contribution in [0.2, 0.25) is 5.15 Å². The molecule has 94 valence electrons. The summed E-state index contributed by atoms with van der Waals surface area (Å²) in [6.07, 6.45) is 2.38. The molecule has 18 heavy (non-hydrogen) atoms. The lowest BCUT2D eigenvalue weighted by molar-refractivity contribution is 0.837. The molecular weight excluding hydrogens is 335 g/mol. The van der Waals surface area contributed by atoms with E-state index in [0.29, 0.717) is 17.0 Å². The zero-order valence-electron chi connectivity index (χ0n) is 9.54. The molecule has 5 heteroatoms. The van der Waals surface area contributed by atoms with Crippen LogP contribution in [0.4, 0.5) is 0 Å². The van der Waals surface area contributed by atoms with Gasteiger partial charge in [0.25, 0.3) is 0 Å². The van der Waals surface area contributed by atoms with Gasteiger partial charge < -0.3 is 0 Å². The van der Waals surface area contributed by atoms with Gasteiger partial charge in [-0.25, -0.2) is 4.68 Å². The first-order chi connectivity index (χ1) is 8.70. The molecule has 1 aliphatic rings. The largest absolute Gasteiger partial charge is 0.222 e. The lowest BCUT2D eigenvalue weighted by Crippen LogP contribution is -1.96. The Morgan fingerprint density at radius 1 is 1.28 bits per heavy atom. The molecule has 0 atom stereocenters. The average molecular weight is 346 g/mol. The number of alkyl halides is 1. The van der Waals surface area contributed by atoms with Gasteiger partial charge in [-0.3, -0.25) is 0 Å². The fraction of sp³-hybridized carbons (Fsp3) is 0.308. The van der Waals surface area contributed by atoms with Crippen LogP contribution in [0.25, 0.3) is 5.69 Å². The summed E-state index contributed by atoms with van der Waals surface area (Å²) in [6.45, 7) is 0. The standard InChI is InChI=1S/C13H11BrCl2N2/c14-9-3-5-10(6-4-9)18-13(16)11(7-15)12(17-18)8-1-2-8/h3-6,8H,1-2,7H2.